The molecule has 0 saturated carbocycles. The number of rotatable bonds is 9. The summed E-state index contributed by atoms with van der Waals surface area (Å²) in [5.41, 5.74) is 5.78. The van der Waals surface area contributed by atoms with Crippen LogP contribution in [0, 0.1) is 5.41 Å². The monoisotopic (exact) mass is 265 g/mol. The molecule has 1 rings (SSSR count). The minimum absolute atomic E-state index is 0.0691. The second kappa shape index (κ2) is 7.94. The third-order valence-electron chi connectivity index (χ3n) is 3.05. The first kappa shape index (κ1) is 15.7. The zero-order valence-corrected chi connectivity index (χ0v) is 12.4. The van der Waals surface area contributed by atoms with Gasteiger partial charge in [-0.1, -0.05) is 33.6 Å². The Morgan fingerprint density at radius 3 is 2.47 bits per heavy atom. The molecule has 0 atom stereocenters. The van der Waals surface area contributed by atoms with Crippen molar-refractivity contribution in [3.8, 4) is 0 Å². The van der Waals surface area contributed by atoms with E-state index in [0.717, 1.165) is 24.7 Å². The Morgan fingerprint density at radius 1 is 1.16 bits per heavy atom. The minimum Gasteiger partial charge on any atom is -0.370 e. The maximum atomic E-state index is 5.71. The molecule has 1 aromatic rings. The van der Waals surface area contributed by atoms with E-state index in [4.69, 9.17) is 5.73 Å². The normalized spacial score (nSPS) is 11.4. The number of nitrogens with one attached hydrogen (secondary N) is 2. The third-order valence-corrected chi connectivity index (χ3v) is 3.05. The number of hydrogen-bond donors (Lipinski definition) is 3. The van der Waals surface area contributed by atoms with Crippen LogP contribution in [0.1, 0.15) is 40.0 Å². The van der Waals surface area contributed by atoms with E-state index in [1.54, 1.807) is 6.33 Å². The molecule has 0 unspecified atom stereocenters. The third kappa shape index (κ3) is 6.38. The fourth-order valence-corrected chi connectivity index (χ4v) is 1.54. The van der Waals surface area contributed by atoms with E-state index in [-0.39, 0.29) is 5.41 Å². The van der Waals surface area contributed by atoms with Crippen molar-refractivity contribution < 1.29 is 0 Å². The summed E-state index contributed by atoms with van der Waals surface area (Å²) < 4.78 is 0. The Balaban J connectivity index is 2.43. The van der Waals surface area contributed by atoms with E-state index in [9.17, 15) is 0 Å². The second-order valence-corrected chi connectivity index (χ2v) is 5.64. The van der Waals surface area contributed by atoms with E-state index < -0.39 is 0 Å². The van der Waals surface area contributed by atoms with Gasteiger partial charge >= 0.3 is 0 Å². The summed E-state index contributed by atoms with van der Waals surface area (Å²) in [6, 6.07) is 1.94. The van der Waals surface area contributed by atoms with Crippen LogP contribution in [-0.4, -0.2) is 29.6 Å². The standard InChI is InChI=1S/C14H27N5/c1-4-5-6-7-16-12-8-13(19-11-18-12)17-10-14(2,3)9-15/h8,11H,4-7,9-10,15H2,1-3H3,(H2,16,17,18,19). The summed E-state index contributed by atoms with van der Waals surface area (Å²) >= 11 is 0. The van der Waals surface area contributed by atoms with Crippen LogP contribution in [0.3, 0.4) is 0 Å². The highest BCUT2D eigenvalue weighted by atomic mass is 15.1. The lowest BCUT2D eigenvalue weighted by molar-refractivity contribution is 0.405. The summed E-state index contributed by atoms with van der Waals surface area (Å²) in [6.45, 7) is 8.86. The SMILES string of the molecule is CCCCCNc1cc(NCC(C)(C)CN)ncn1. The van der Waals surface area contributed by atoms with Crippen molar-refractivity contribution in [1.82, 2.24) is 9.97 Å². The average Bonchev–Trinajstić information content (AvgIpc) is 2.42. The van der Waals surface area contributed by atoms with Crippen molar-refractivity contribution in [2.24, 2.45) is 11.1 Å². The van der Waals surface area contributed by atoms with E-state index in [0.29, 0.717) is 6.54 Å². The Kier molecular flexibility index (Phi) is 6.56. The molecular formula is C14H27N5. The highest BCUT2D eigenvalue weighted by molar-refractivity contribution is 5.46. The smallest absolute Gasteiger partial charge is 0.131 e. The van der Waals surface area contributed by atoms with Gasteiger partial charge in [0.2, 0.25) is 0 Å². The van der Waals surface area contributed by atoms with Gasteiger partial charge in [0.15, 0.2) is 0 Å². The van der Waals surface area contributed by atoms with Crippen LogP contribution in [0.4, 0.5) is 11.6 Å². The van der Waals surface area contributed by atoms with Crippen LogP contribution in [0.15, 0.2) is 12.4 Å². The topological polar surface area (TPSA) is 75.9 Å². The van der Waals surface area contributed by atoms with Crippen LogP contribution in [0.5, 0.6) is 0 Å². The van der Waals surface area contributed by atoms with Gasteiger partial charge in [0.05, 0.1) is 0 Å². The maximum absolute atomic E-state index is 5.71. The van der Waals surface area contributed by atoms with Gasteiger partial charge in [0.25, 0.3) is 0 Å². The van der Waals surface area contributed by atoms with Gasteiger partial charge in [-0.05, 0) is 18.4 Å². The summed E-state index contributed by atoms with van der Waals surface area (Å²) in [4.78, 5) is 8.43. The number of nitrogens with zero attached hydrogens (tertiary/aromatic N) is 2. The van der Waals surface area contributed by atoms with Gasteiger partial charge in [0.1, 0.15) is 18.0 Å². The molecule has 0 aliphatic heterocycles. The molecule has 4 N–H and O–H groups in total. The van der Waals surface area contributed by atoms with Gasteiger partial charge in [-0.3, -0.25) is 0 Å². The van der Waals surface area contributed by atoms with Gasteiger partial charge in [-0.25, -0.2) is 9.97 Å². The summed E-state index contributed by atoms with van der Waals surface area (Å²) in [5.74, 6) is 1.72. The van der Waals surface area contributed by atoms with Crippen molar-refractivity contribution in [3.63, 3.8) is 0 Å². The predicted octanol–water partition coefficient (Wildman–Crippen LogP) is 2.48. The van der Waals surface area contributed by atoms with Gasteiger partial charge in [0, 0.05) is 19.2 Å². The zero-order chi connectivity index (χ0) is 14.1. The van der Waals surface area contributed by atoms with Gasteiger partial charge in [-0.15, -0.1) is 0 Å². The molecule has 0 aliphatic rings. The molecule has 19 heavy (non-hydrogen) atoms. The van der Waals surface area contributed by atoms with E-state index in [1.807, 2.05) is 6.07 Å². The van der Waals surface area contributed by atoms with Crippen molar-refractivity contribution >= 4 is 11.6 Å². The van der Waals surface area contributed by atoms with Crippen molar-refractivity contribution in [2.75, 3.05) is 30.3 Å². The average molecular weight is 265 g/mol. The lowest BCUT2D eigenvalue weighted by atomic mass is 9.94. The first-order valence-electron chi connectivity index (χ1n) is 7.07. The molecule has 0 aliphatic carbocycles. The highest BCUT2D eigenvalue weighted by Crippen LogP contribution is 2.15. The Bertz CT molecular complexity index is 365. The molecule has 1 aromatic heterocycles. The lowest BCUT2D eigenvalue weighted by Crippen LogP contribution is -2.31. The number of anilines is 2. The molecule has 0 bridgehead atoms. The minimum atomic E-state index is 0.0691. The van der Waals surface area contributed by atoms with Gasteiger partial charge in [-0.2, -0.15) is 0 Å². The fraction of sp³-hybridized carbons (Fsp3) is 0.714. The number of nitrogens with two attached hydrogens (primary N) is 1. The molecular weight excluding hydrogens is 238 g/mol. The van der Waals surface area contributed by atoms with Crippen LogP contribution < -0.4 is 16.4 Å². The summed E-state index contributed by atoms with van der Waals surface area (Å²) in [7, 11) is 0. The number of unbranched alkanes of at least 4 members (excludes halogenated alkanes) is 2. The van der Waals surface area contributed by atoms with Gasteiger partial charge < -0.3 is 16.4 Å². The fourth-order valence-electron chi connectivity index (χ4n) is 1.54. The first-order valence-corrected chi connectivity index (χ1v) is 7.07. The van der Waals surface area contributed by atoms with Crippen LogP contribution in [0.2, 0.25) is 0 Å². The van der Waals surface area contributed by atoms with E-state index in [2.05, 4.69) is 41.4 Å². The summed E-state index contributed by atoms with van der Waals surface area (Å²) in [5, 5.41) is 6.62. The Labute approximate surface area is 116 Å². The largest absolute Gasteiger partial charge is 0.370 e. The van der Waals surface area contributed by atoms with Crippen molar-refractivity contribution in [2.45, 2.75) is 40.0 Å². The Morgan fingerprint density at radius 2 is 1.84 bits per heavy atom. The van der Waals surface area contributed by atoms with E-state index >= 15 is 0 Å². The number of aromatic nitrogens is 2. The van der Waals surface area contributed by atoms with E-state index in [1.165, 1.54) is 19.3 Å². The van der Waals surface area contributed by atoms with Crippen molar-refractivity contribution in [1.29, 1.82) is 0 Å². The second-order valence-electron chi connectivity index (χ2n) is 5.64. The first-order chi connectivity index (χ1) is 9.07. The maximum Gasteiger partial charge on any atom is 0.131 e. The zero-order valence-electron chi connectivity index (χ0n) is 12.4. The molecule has 5 heteroatoms. The molecule has 108 valence electrons. The molecule has 5 nitrogen and oxygen atoms in total. The van der Waals surface area contributed by atoms with Crippen LogP contribution in [0.25, 0.3) is 0 Å². The lowest BCUT2D eigenvalue weighted by Gasteiger charge is -2.22. The molecule has 0 radical (unpaired) electrons. The molecule has 0 amide bonds. The molecule has 0 spiro atoms. The molecule has 0 aromatic carbocycles. The van der Waals surface area contributed by atoms with Crippen LogP contribution in [-0.2, 0) is 0 Å². The molecule has 0 fully saturated rings. The highest BCUT2D eigenvalue weighted by Gasteiger charge is 2.15. The molecule has 0 saturated heterocycles. The summed E-state index contributed by atoms with van der Waals surface area (Å²) in [6.07, 6.45) is 5.23. The van der Waals surface area contributed by atoms with Crippen molar-refractivity contribution in [3.05, 3.63) is 12.4 Å². The van der Waals surface area contributed by atoms with Crippen LogP contribution >= 0.6 is 0 Å². The molecule has 1 heterocycles. The quantitative estimate of drug-likeness (QED) is 0.598. The Hall–Kier alpha value is -1.36. The number of hydrogen-bond acceptors (Lipinski definition) is 5. The predicted molar refractivity (Wildman–Crippen MR) is 81.4 cm³/mol.